The van der Waals surface area contributed by atoms with Crippen LogP contribution < -0.4 is 5.32 Å². The van der Waals surface area contributed by atoms with Crippen LogP contribution in [-0.4, -0.2) is 35.5 Å². The van der Waals surface area contributed by atoms with E-state index in [1.807, 2.05) is 6.07 Å². The molecule has 0 spiro atoms. The molecule has 0 aromatic heterocycles. The smallest absolute Gasteiger partial charge is 0.244 e. The number of hydrogen-bond donors (Lipinski definition) is 2. The Morgan fingerprint density at radius 2 is 2.35 bits per heavy atom. The van der Waals surface area contributed by atoms with Crippen LogP contribution in [0.15, 0.2) is 18.2 Å². The molecule has 2 rings (SSSR count). The monoisotopic (exact) mass is 254 g/mol. The molecule has 1 atom stereocenters. The van der Waals surface area contributed by atoms with Crippen LogP contribution in [0.25, 0.3) is 0 Å². The molecule has 17 heavy (non-hydrogen) atoms. The average Bonchev–Trinajstić information content (AvgIpc) is 2.63. The largest absolute Gasteiger partial charge is 0.392 e. The van der Waals surface area contributed by atoms with Crippen molar-refractivity contribution in [2.45, 2.75) is 19.1 Å². The third-order valence-corrected chi connectivity index (χ3v) is 3.35. The van der Waals surface area contributed by atoms with Gasteiger partial charge in [0.05, 0.1) is 6.61 Å². The van der Waals surface area contributed by atoms with Gasteiger partial charge in [0.1, 0.15) is 6.04 Å². The van der Waals surface area contributed by atoms with E-state index in [1.165, 1.54) is 0 Å². The second-order valence-corrected chi connectivity index (χ2v) is 4.62. The molecule has 0 aliphatic carbocycles. The number of likely N-dealkylation sites (N-methyl/N-ethyl adjacent to an activating group) is 1. The fourth-order valence-electron chi connectivity index (χ4n) is 1.94. The standard InChI is InChI=1S/C12H15ClN2O2/c1-15-5-4-11(12(15)17)14-9-2-3-10(13)8(6-9)7-16/h2-3,6,11,14,16H,4-5,7H2,1H3. The van der Waals surface area contributed by atoms with Gasteiger partial charge in [0.25, 0.3) is 0 Å². The van der Waals surface area contributed by atoms with Gasteiger partial charge in [-0.15, -0.1) is 0 Å². The van der Waals surface area contributed by atoms with E-state index in [1.54, 1.807) is 24.1 Å². The summed E-state index contributed by atoms with van der Waals surface area (Å²) in [4.78, 5) is 13.4. The van der Waals surface area contributed by atoms with E-state index in [2.05, 4.69) is 5.32 Å². The number of nitrogens with zero attached hydrogens (tertiary/aromatic N) is 1. The lowest BCUT2D eigenvalue weighted by Gasteiger charge is -2.14. The second kappa shape index (κ2) is 4.94. The first kappa shape index (κ1) is 12.2. The van der Waals surface area contributed by atoms with Crippen molar-refractivity contribution >= 4 is 23.2 Å². The molecule has 4 nitrogen and oxygen atoms in total. The van der Waals surface area contributed by atoms with E-state index in [9.17, 15) is 4.79 Å². The summed E-state index contributed by atoms with van der Waals surface area (Å²) in [5.74, 6) is 0.102. The Bertz CT molecular complexity index is 437. The molecular weight excluding hydrogens is 240 g/mol. The normalized spacial score (nSPS) is 19.8. The fraction of sp³-hybridized carbons (Fsp3) is 0.417. The molecule has 2 N–H and O–H groups in total. The summed E-state index contributed by atoms with van der Waals surface area (Å²) in [6.45, 7) is 0.670. The maximum atomic E-state index is 11.7. The zero-order chi connectivity index (χ0) is 12.4. The first-order chi connectivity index (χ1) is 8.11. The van der Waals surface area contributed by atoms with Gasteiger partial charge in [-0.25, -0.2) is 0 Å². The van der Waals surface area contributed by atoms with E-state index in [-0.39, 0.29) is 18.6 Å². The van der Waals surface area contributed by atoms with E-state index in [0.29, 0.717) is 10.6 Å². The van der Waals surface area contributed by atoms with Crippen LogP contribution in [0, 0.1) is 0 Å². The number of anilines is 1. The Morgan fingerprint density at radius 3 is 2.94 bits per heavy atom. The SMILES string of the molecule is CN1CCC(Nc2ccc(Cl)c(CO)c2)C1=O. The minimum atomic E-state index is -0.173. The molecular formula is C12H15ClN2O2. The lowest BCUT2D eigenvalue weighted by atomic mass is 10.2. The number of amides is 1. The Balaban J connectivity index is 2.11. The number of likely N-dealkylation sites (tertiary alicyclic amines) is 1. The molecule has 1 aliphatic rings. The first-order valence-corrected chi connectivity index (χ1v) is 5.90. The van der Waals surface area contributed by atoms with Crippen LogP contribution in [0.5, 0.6) is 0 Å². The van der Waals surface area contributed by atoms with Crippen LogP contribution in [0.3, 0.4) is 0 Å². The van der Waals surface area contributed by atoms with E-state index in [0.717, 1.165) is 18.7 Å². The highest BCUT2D eigenvalue weighted by atomic mass is 35.5. The summed E-state index contributed by atoms with van der Waals surface area (Å²) in [5, 5.41) is 12.8. The maximum Gasteiger partial charge on any atom is 0.244 e. The van der Waals surface area contributed by atoms with Crippen LogP contribution in [0.1, 0.15) is 12.0 Å². The van der Waals surface area contributed by atoms with Crippen molar-refractivity contribution in [2.24, 2.45) is 0 Å². The predicted molar refractivity (Wildman–Crippen MR) is 67.0 cm³/mol. The molecule has 1 aromatic carbocycles. The summed E-state index contributed by atoms with van der Waals surface area (Å²) in [6, 6.07) is 5.13. The van der Waals surface area contributed by atoms with Crippen molar-refractivity contribution in [3.8, 4) is 0 Å². The van der Waals surface area contributed by atoms with Crippen LogP contribution in [-0.2, 0) is 11.4 Å². The van der Waals surface area contributed by atoms with Gasteiger partial charge in [-0.1, -0.05) is 11.6 Å². The summed E-state index contributed by atoms with van der Waals surface area (Å²) in [7, 11) is 1.80. The number of rotatable bonds is 3. The van der Waals surface area contributed by atoms with Crippen molar-refractivity contribution in [1.29, 1.82) is 0 Å². The predicted octanol–water partition coefficient (Wildman–Crippen LogP) is 1.47. The maximum absolute atomic E-state index is 11.7. The number of halogens is 1. The van der Waals surface area contributed by atoms with E-state index in [4.69, 9.17) is 16.7 Å². The van der Waals surface area contributed by atoms with Crippen molar-refractivity contribution in [3.63, 3.8) is 0 Å². The lowest BCUT2D eigenvalue weighted by Crippen LogP contribution is -2.30. The molecule has 0 radical (unpaired) electrons. The molecule has 1 aromatic rings. The summed E-state index contributed by atoms with van der Waals surface area (Å²) in [5.41, 5.74) is 1.47. The van der Waals surface area contributed by atoms with Gasteiger partial charge in [0, 0.05) is 24.3 Å². The minimum Gasteiger partial charge on any atom is -0.392 e. The van der Waals surface area contributed by atoms with E-state index < -0.39 is 0 Å². The third-order valence-electron chi connectivity index (χ3n) is 2.98. The number of aliphatic hydroxyl groups excluding tert-OH is 1. The van der Waals surface area contributed by atoms with Gasteiger partial charge < -0.3 is 15.3 Å². The molecule has 5 heteroatoms. The number of carbonyl (C=O) groups excluding carboxylic acids is 1. The minimum absolute atomic E-state index is 0.102. The van der Waals surface area contributed by atoms with Crippen molar-refractivity contribution < 1.29 is 9.90 Å². The first-order valence-electron chi connectivity index (χ1n) is 5.52. The average molecular weight is 255 g/mol. The number of hydrogen-bond acceptors (Lipinski definition) is 3. The van der Waals surface area contributed by atoms with Crippen molar-refractivity contribution in [2.75, 3.05) is 18.9 Å². The third kappa shape index (κ3) is 2.53. The lowest BCUT2D eigenvalue weighted by molar-refractivity contribution is -0.127. The molecule has 1 unspecified atom stereocenters. The Hall–Kier alpha value is -1.26. The number of nitrogens with one attached hydrogen (secondary N) is 1. The van der Waals surface area contributed by atoms with Gasteiger partial charge >= 0.3 is 0 Å². The van der Waals surface area contributed by atoms with Gasteiger partial charge in [0.15, 0.2) is 0 Å². The van der Waals surface area contributed by atoms with Gasteiger partial charge in [-0.2, -0.15) is 0 Å². The van der Waals surface area contributed by atoms with Crippen LogP contribution in [0.4, 0.5) is 5.69 Å². The fourth-order valence-corrected chi connectivity index (χ4v) is 2.12. The topological polar surface area (TPSA) is 52.6 Å². The molecule has 1 saturated heterocycles. The van der Waals surface area contributed by atoms with E-state index >= 15 is 0 Å². The van der Waals surface area contributed by atoms with Gasteiger partial charge in [0.2, 0.25) is 5.91 Å². The molecule has 92 valence electrons. The Labute approximate surface area is 105 Å². The van der Waals surface area contributed by atoms with Gasteiger partial charge in [-0.05, 0) is 30.2 Å². The highest BCUT2D eigenvalue weighted by molar-refractivity contribution is 6.31. The molecule has 0 saturated carbocycles. The van der Waals surface area contributed by atoms with Gasteiger partial charge in [-0.3, -0.25) is 4.79 Å². The molecule has 1 aliphatic heterocycles. The summed E-state index contributed by atoms with van der Waals surface area (Å²) < 4.78 is 0. The van der Waals surface area contributed by atoms with Crippen molar-refractivity contribution in [1.82, 2.24) is 4.90 Å². The molecule has 1 fully saturated rings. The Morgan fingerprint density at radius 1 is 1.59 bits per heavy atom. The van der Waals surface area contributed by atoms with Crippen LogP contribution in [0.2, 0.25) is 5.02 Å². The number of aliphatic hydroxyl groups is 1. The highest BCUT2D eigenvalue weighted by Gasteiger charge is 2.28. The Kier molecular flexibility index (Phi) is 3.54. The zero-order valence-electron chi connectivity index (χ0n) is 9.61. The molecule has 1 amide bonds. The zero-order valence-corrected chi connectivity index (χ0v) is 10.4. The van der Waals surface area contributed by atoms with Crippen molar-refractivity contribution in [3.05, 3.63) is 28.8 Å². The quantitative estimate of drug-likeness (QED) is 0.859. The number of benzene rings is 1. The van der Waals surface area contributed by atoms with Crippen LogP contribution >= 0.6 is 11.6 Å². The number of carbonyl (C=O) groups is 1. The molecule has 1 heterocycles. The second-order valence-electron chi connectivity index (χ2n) is 4.21. The highest BCUT2D eigenvalue weighted by Crippen LogP contribution is 2.22. The summed E-state index contributed by atoms with van der Waals surface area (Å²) >= 11 is 5.90. The molecule has 0 bridgehead atoms. The summed E-state index contributed by atoms with van der Waals surface area (Å²) in [6.07, 6.45) is 0.798.